The standard InChI is InChI=1S/C17H12ClNO4/c18-13-14(19-12-9-5-2-6-10-12)17(23-16(13)21)22-15(20)11-7-3-1-4-8-11/h1-10,17,19H. The van der Waals surface area contributed by atoms with Gasteiger partial charge in [0, 0.05) is 5.69 Å². The first kappa shape index (κ1) is 15.1. The molecule has 1 atom stereocenters. The van der Waals surface area contributed by atoms with Crippen molar-refractivity contribution in [2.24, 2.45) is 0 Å². The highest BCUT2D eigenvalue weighted by molar-refractivity contribution is 6.42. The SMILES string of the molecule is O=C1OC(OC(=O)c2ccccc2)C(Nc2ccccc2)=C1Cl. The third-order valence-electron chi connectivity index (χ3n) is 3.14. The molecule has 0 saturated carbocycles. The number of cyclic esters (lactones) is 1. The minimum absolute atomic E-state index is 0.139. The van der Waals surface area contributed by atoms with E-state index in [1.165, 1.54) is 0 Å². The minimum atomic E-state index is -1.21. The maximum Gasteiger partial charge on any atom is 0.355 e. The summed E-state index contributed by atoms with van der Waals surface area (Å²) in [6.07, 6.45) is -1.21. The number of benzene rings is 2. The predicted molar refractivity (Wildman–Crippen MR) is 84.7 cm³/mol. The van der Waals surface area contributed by atoms with E-state index in [1.807, 2.05) is 18.2 Å². The first-order valence-corrected chi connectivity index (χ1v) is 7.21. The van der Waals surface area contributed by atoms with E-state index in [9.17, 15) is 9.59 Å². The van der Waals surface area contributed by atoms with Crippen molar-refractivity contribution in [2.45, 2.75) is 6.29 Å². The monoisotopic (exact) mass is 329 g/mol. The first-order valence-electron chi connectivity index (χ1n) is 6.84. The maximum absolute atomic E-state index is 12.1. The van der Waals surface area contributed by atoms with Gasteiger partial charge >= 0.3 is 11.9 Å². The van der Waals surface area contributed by atoms with Crippen molar-refractivity contribution in [3.05, 3.63) is 77.0 Å². The Hall–Kier alpha value is -2.79. The molecule has 0 bridgehead atoms. The van der Waals surface area contributed by atoms with Gasteiger partial charge in [0.05, 0.1) is 5.56 Å². The lowest BCUT2D eigenvalue weighted by Gasteiger charge is -2.16. The third kappa shape index (κ3) is 3.35. The molecule has 1 unspecified atom stereocenters. The second-order valence-corrected chi connectivity index (χ2v) is 5.11. The van der Waals surface area contributed by atoms with Crippen LogP contribution >= 0.6 is 11.6 Å². The van der Waals surface area contributed by atoms with Crippen LogP contribution < -0.4 is 5.32 Å². The molecular weight excluding hydrogens is 318 g/mol. The molecule has 0 spiro atoms. The van der Waals surface area contributed by atoms with E-state index in [0.29, 0.717) is 11.3 Å². The number of para-hydroxylation sites is 1. The number of carbonyl (C=O) groups is 2. The van der Waals surface area contributed by atoms with Gasteiger partial charge in [0.2, 0.25) is 0 Å². The third-order valence-corrected chi connectivity index (χ3v) is 3.50. The Morgan fingerprint density at radius 3 is 2.30 bits per heavy atom. The van der Waals surface area contributed by atoms with Gasteiger partial charge in [-0.1, -0.05) is 48.0 Å². The molecule has 5 nitrogen and oxygen atoms in total. The zero-order valence-corrected chi connectivity index (χ0v) is 12.6. The second kappa shape index (κ2) is 6.54. The number of halogens is 1. The van der Waals surface area contributed by atoms with E-state index in [0.717, 1.165) is 0 Å². The molecule has 1 N–H and O–H groups in total. The quantitative estimate of drug-likeness (QED) is 0.872. The van der Waals surface area contributed by atoms with Crippen LogP contribution in [0, 0.1) is 0 Å². The lowest BCUT2D eigenvalue weighted by Crippen LogP contribution is -2.24. The molecular formula is C17H12ClNO4. The van der Waals surface area contributed by atoms with Crippen LogP contribution in [0.1, 0.15) is 10.4 Å². The molecule has 0 aliphatic carbocycles. The summed E-state index contributed by atoms with van der Waals surface area (Å²) < 4.78 is 10.2. The average molecular weight is 330 g/mol. The smallest absolute Gasteiger partial charge is 0.355 e. The summed E-state index contributed by atoms with van der Waals surface area (Å²) >= 11 is 5.95. The highest BCUT2D eigenvalue weighted by Crippen LogP contribution is 2.28. The average Bonchev–Trinajstić information content (AvgIpc) is 2.84. The van der Waals surface area contributed by atoms with Crippen molar-refractivity contribution in [3.8, 4) is 0 Å². The zero-order valence-electron chi connectivity index (χ0n) is 11.9. The number of carbonyl (C=O) groups excluding carboxylic acids is 2. The lowest BCUT2D eigenvalue weighted by atomic mass is 10.2. The van der Waals surface area contributed by atoms with Crippen LogP contribution in [0.25, 0.3) is 0 Å². The van der Waals surface area contributed by atoms with Crippen LogP contribution in [0.3, 0.4) is 0 Å². The topological polar surface area (TPSA) is 64.6 Å². The summed E-state index contributed by atoms with van der Waals surface area (Å²) in [6.45, 7) is 0. The molecule has 0 amide bonds. The van der Waals surface area contributed by atoms with Gasteiger partial charge in [-0.2, -0.15) is 0 Å². The highest BCUT2D eigenvalue weighted by Gasteiger charge is 2.36. The van der Waals surface area contributed by atoms with Gasteiger partial charge in [-0.3, -0.25) is 0 Å². The van der Waals surface area contributed by atoms with Crippen LogP contribution in [-0.4, -0.2) is 18.2 Å². The number of anilines is 1. The van der Waals surface area contributed by atoms with Crippen molar-refractivity contribution in [1.29, 1.82) is 0 Å². The van der Waals surface area contributed by atoms with Gasteiger partial charge in [0.15, 0.2) is 5.03 Å². The van der Waals surface area contributed by atoms with Crippen LogP contribution in [0.5, 0.6) is 0 Å². The number of ether oxygens (including phenoxy) is 2. The maximum atomic E-state index is 12.1. The molecule has 0 saturated heterocycles. The molecule has 1 aliphatic heterocycles. The van der Waals surface area contributed by atoms with E-state index < -0.39 is 18.2 Å². The molecule has 2 aromatic rings. The molecule has 2 aromatic carbocycles. The molecule has 0 aromatic heterocycles. The van der Waals surface area contributed by atoms with Crippen molar-refractivity contribution in [1.82, 2.24) is 0 Å². The molecule has 116 valence electrons. The van der Waals surface area contributed by atoms with Crippen LogP contribution in [0.15, 0.2) is 71.4 Å². The fraction of sp³-hybridized carbons (Fsp3) is 0.0588. The van der Waals surface area contributed by atoms with Crippen LogP contribution in [0.2, 0.25) is 0 Å². The first-order chi connectivity index (χ1) is 11.1. The van der Waals surface area contributed by atoms with Gasteiger partial charge in [0.25, 0.3) is 6.29 Å². The Morgan fingerprint density at radius 2 is 1.65 bits per heavy atom. The fourth-order valence-corrected chi connectivity index (χ4v) is 2.22. The molecule has 23 heavy (non-hydrogen) atoms. The normalized spacial score (nSPS) is 16.9. The predicted octanol–water partition coefficient (Wildman–Crippen LogP) is 3.29. The van der Waals surface area contributed by atoms with E-state index in [4.69, 9.17) is 21.1 Å². The van der Waals surface area contributed by atoms with Gasteiger partial charge in [0.1, 0.15) is 5.70 Å². The summed E-state index contributed by atoms with van der Waals surface area (Å²) in [6, 6.07) is 17.5. The second-order valence-electron chi connectivity index (χ2n) is 4.73. The van der Waals surface area contributed by atoms with E-state index in [-0.39, 0.29) is 10.7 Å². The highest BCUT2D eigenvalue weighted by atomic mass is 35.5. The minimum Gasteiger partial charge on any atom is -0.415 e. The van der Waals surface area contributed by atoms with E-state index in [2.05, 4.69) is 5.32 Å². The van der Waals surface area contributed by atoms with Gasteiger partial charge in [-0.05, 0) is 24.3 Å². The Labute approximate surface area is 137 Å². The number of hydrogen-bond acceptors (Lipinski definition) is 5. The van der Waals surface area contributed by atoms with Crippen molar-refractivity contribution in [3.63, 3.8) is 0 Å². The van der Waals surface area contributed by atoms with E-state index >= 15 is 0 Å². The Bertz CT molecular complexity index is 759. The van der Waals surface area contributed by atoms with E-state index in [1.54, 1.807) is 42.5 Å². The molecule has 0 fully saturated rings. The number of nitrogens with one attached hydrogen (secondary N) is 1. The molecule has 0 radical (unpaired) electrons. The van der Waals surface area contributed by atoms with Crippen LogP contribution in [-0.2, 0) is 14.3 Å². The lowest BCUT2D eigenvalue weighted by molar-refractivity contribution is -0.152. The summed E-state index contributed by atoms with van der Waals surface area (Å²) in [5, 5.41) is 2.81. The zero-order chi connectivity index (χ0) is 16.2. The van der Waals surface area contributed by atoms with Gasteiger partial charge in [-0.25, -0.2) is 9.59 Å². The van der Waals surface area contributed by atoms with Crippen molar-refractivity contribution in [2.75, 3.05) is 5.32 Å². The number of esters is 2. The summed E-state index contributed by atoms with van der Waals surface area (Å²) in [7, 11) is 0. The Balaban J connectivity index is 1.79. The largest absolute Gasteiger partial charge is 0.415 e. The van der Waals surface area contributed by atoms with Crippen molar-refractivity contribution >= 4 is 29.2 Å². The number of rotatable bonds is 4. The van der Waals surface area contributed by atoms with Gasteiger partial charge in [-0.15, -0.1) is 0 Å². The van der Waals surface area contributed by atoms with Crippen molar-refractivity contribution < 1.29 is 19.1 Å². The molecule has 6 heteroatoms. The summed E-state index contributed by atoms with van der Waals surface area (Å²) in [5.74, 6) is -1.35. The summed E-state index contributed by atoms with van der Waals surface area (Å²) in [5.41, 5.74) is 1.25. The van der Waals surface area contributed by atoms with Gasteiger partial charge < -0.3 is 14.8 Å². The molecule has 1 aliphatic rings. The fourth-order valence-electron chi connectivity index (χ4n) is 2.03. The Morgan fingerprint density at radius 1 is 1.04 bits per heavy atom. The number of hydrogen-bond donors (Lipinski definition) is 1. The van der Waals surface area contributed by atoms with Crippen LogP contribution in [0.4, 0.5) is 5.69 Å². The molecule has 1 heterocycles. The Kier molecular flexibility index (Phi) is 4.30. The molecule has 3 rings (SSSR count). The summed E-state index contributed by atoms with van der Waals surface area (Å²) in [4.78, 5) is 23.8.